The van der Waals surface area contributed by atoms with E-state index in [0.717, 1.165) is 5.69 Å². The Balaban J connectivity index is 2.26. The third-order valence-electron chi connectivity index (χ3n) is 2.29. The van der Waals surface area contributed by atoms with Crippen molar-refractivity contribution in [3.05, 3.63) is 23.9 Å². The van der Waals surface area contributed by atoms with E-state index in [-0.39, 0.29) is 5.91 Å². The molecule has 0 bridgehead atoms. The van der Waals surface area contributed by atoms with Gasteiger partial charge >= 0.3 is 0 Å². The topological polar surface area (TPSA) is 63.2 Å². The second kappa shape index (κ2) is 7.66. The van der Waals surface area contributed by atoms with Gasteiger partial charge in [-0.2, -0.15) is 0 Å². The molecular formula is C13H21N3O2. The van der Waals surface area contributed by atoms with E-state index in [1.165, 1.54) is 0 Å². The summed E-state index contributed by atoms with van der Waals surface area (Å²) >= 11 is 0. The van der Waals surface area contributed by atoms with E-state index in [9.17, 15) is 4.79 Å². The summed E-state index contributed by atoms with van der Waals surface area (Å²) in [6.07, 6.45) is 0. The molecule has 0 atom stereocenters. The third kappa shape index (κ3) is 5.63. The number of hydrogen-bond acceptors (Lipinski definition) is 4. The predicted octanol–water partition coefficient (Wildman–Crippen LogP) is 0.952. The van der Waals surface area contributed by atoms with Gasteiger partial charge in [-0.05, 0) is 12.0 Å². The number of pyridine rings is 1. The van der Waals surface area contributed by atoms with E-state index < -0.39 is 0 Å². The normalized spacial score (nSPS) is 10.4. The number of amides is 1. The molecule has 0 aliphatic heterocycles. The van der Waals surface area contributed by atoms with E-state index in [1.807, 2.05) is 12.1 Å². The molecule has 0 fully saturated rings. The molecule has 0 aliphatic rings. The van der Waals surface area contributed by atoms with Gasteiger partial charge in [0.2, 0.25) is 11.8 Å². The fourth-order valence-corrected chi connectivity index (χ4v) is 1.35. The molecule has 0 radical (unpaired) electrons. The fraction of sp³-hybridized carbons (Fsp3) is 0.538. The fourth-order valence-electron chi connectivity index (χ4n) is 1.35. The highest BCUT2D eigenvalue weighted by atomic mass is 16.5. The average molecular weight is 251 g/mol. The van der Waals surface area contributed by atoms with Crippen LogP contribution in [0.3, 0.4) is 0 Å². The Labute approximate surface area is 108 Å². The van der Waals surface area contributed by atoms with Gasteiger partial charge < -0.3 is 15.4 Å². The van der Waals surface area contributed by atoms with Crippen molar-refractivity contribution in [3.8, 4) is 5.88 Å². The van der Waals surface area contributed by atoms with Crippen LogP contribution in [-0.2, 0) is 11.3 Å². The van der Waals surface area contributed by atoms with Crippen molar-refractivity contribution in [1.82, 2.24) is 15.6 Å². The average Bonchev–Trinajstić information content (AvgIpc) is 2.36. The first-order valence-corrected chi connectivity index (χ1v) is 6.09. The maximum atomic E-state index is 11.4. The zero-order chi connectivity index (χ0) is 13.4. The van der Waals surface area contributed by atoms with E-state index in [4.69, 9.17) is 4.74 Å². The van der Waals surface area contributed by atoms with Crippen LogP contribution in [0.15, 0.2) is 18.2 Å². The zero-order valence-electron chi connectivity index (χ0n) is 11.2. The van der Waals surface area contributed by atoms with Gasteiger partial charge in [0.1, 0.15) is 0 Å². The molecule has 0 aliphatic carbocycles. The second-order valence-electron chi connectivity index (χ2n) is 4.47. The lowest BCUT2D eigenvalue weighted by Gasteiger charge is -2.08. The second-order valence-corrected chi connectivity index (χ2v) is 4.47. The number of hydrogen-bond donors (Lipinski definition) is 2. The standard InChI is InChI=1S/C13H21N3O2/c1-10(2)7-15-12(17)9-14-8-11-5-4-6-13(16-11)18-3/h4-6,10,14H,7-9H2,1-3H3,(H,15,17). The number of nitrogens with one attached hydrogen (secondary N) is 2. The van der Waals surface area contributed by atoms with Gasteiger partial charge in [-0.1, -0.05) is 19.9 Å². The molecule has 0 saturated heterocycles. The van der Waals surface area contributed by atoms with Gasteiger partial charge in [0, 0.05) is 19.2 Å². The summed E-state index contributed by atoms with van der Waals surface area (Å²) < 4.78 is 5.03. The summed E-state index contributed by atoms with van der Waals surface area (Å²) in [5.41, 5.74) is 0.853. The molecule has 1 rings (SSSR count). The van der Waals surface area contributed by atoms with Gasteiger partial charge in [0.25, 0.3) is 0 Å². The number of nitrogens with zero attached hydrogens (tertiary/aromatic N) is 1. The Kier molecular flexibility index (Phi) is 6.14. The Morgan fingerprint density at radius 1 is 1.44 bits per heavy atom. The Morgan fingerprint density at radius 2 is 2.22 bits per heavy atom. The minimum absolute atomic E-state index is 0.00611. The molecule has 100 valence electrons. The lowest BCUT2D eigenvalue weighted by atomic mass is 10.2. The van der Waals surface area contributed by atoms with Crippen LogP contribution in [0.25, 0.3) is 0 Å². The van der Waals surface area contributed by atoms with Crippen LogP contribution < -0.4 is 15.4 Å². The van der Waals surface area contributed by atoms with Crippen LogP contribution in [-0.4, -0.2) is 31.1 Å². The molecule has 18 heavy (non-hydrogen) atoms. The van der Waals surface area contributed by atoms with Crippen molar-refractivity contribution < 1.29 is 9.53 Å². The molecule has 0 saturated carbocycles. The Bertz CT molecular complexity index is 380. The van der Waals surface area contributed by atoms with Crippen molar-refractivity contribution in [2.75, 3.05) is 20.2 Å². The van der Waals surface area contributed by atoms with E-state index in [0.29, 0.717) is 31.4 Å². The van der Waals surface area contributed by atoms with Crippen molar-refractivity contribution in [1.29, 1.82) is 0 Å². The van der Waals surface area contributed by atoms with E-state index >= 15 is 0 Å². The van der Waals surface area contributed by atoms with Crippen molar-refractivity contribution in [2.45, 2.75) is 20.4 Å². The lowest BCUT2D eigenvalue weighted by molar-refractivity contribution is -0.120. The summed E-state index contributed by atoms with van der Waals surface area (Å²) in [5.74, 6) is 1.05. The monoisotopic (exact) mass is 251 g/mol. The van der Waals surface area contributed by atoms with Crippen LogP contribution >= 0.6 is 0 Å². The molecular weight excluding hydrogens is 230 g/mol. The summed E-state index contributed by atoms with van der Waals surface area (Å²) in [6, 6.07) is 5.56. The third-order valence-corrected chi connectivity index (χ3v) is 2.29. The quantitative estimate of drug-likeness (QED) is 0.757. The highest BCUT2D eigenvalue weighted by Gasteiger charge is 2.02. The number of ether oxygens (including phenoxy) is 1. The molecule has 1 heterocycles. The van der Waals surface area contributed by atoms with Crippen molar-refractivity contribution in [3.63, 3.8) is 0 Å². The van der Waals surface area contributed by atoms with E-state index in [2.05, 4.69) is 29.5 Å². The largest absolute Gasteiger partial charge is 0.481 e. The van der Waals surface area contributed by atoms with Crippen LogP contribution in [0.2, 0.25) is 0 Å². The number of rotatable bonds is 7. The predicted molar refractivity (Wildman–Crippen MR) is 70.3 cm³/mol. The minimum atomic E-state index is 0.00611. The Morgan fingerprint density at radius 3 is 2.89 bits per heavy atom. The maximum Gasteiger partial charge on any atom is 0.233 e. The lowest BCUT2D eigenvalue weighted by Crippen LogP contribution is -2.35. The molecule has 1 amide bonds. The van der Waals surface area contributed by atoms with Crippen LogP contribution in [0.5, 0.6) is 5.88 Å². The number of methoxy groups -OCH3 is 1. The molecule has 1 aromatic heterocycles. The van der Waals surface area contributed by atoms with Gasteiger partial charge in [0.15, 0.2) is 0 Å². The molecule has 5 heteroatoms. The van der Waals surface area contributed by atoms with Crippen LogP contribution in [0.1, 0.15) is 19.5 Å². The first-order valence-electron chi connectivity index (χ1n) is 6.09. The summed E-state index contributed by atoms with van der Waals surface area (Å²) in [6.45, 7) is 5.68. The van der Waals surface area contributed by atoms with Crippen LogP contribution in [0.4, 0.5) is 0 Å². The Hall–Kier alpha value is -1.62. The molecule has 5 nitrogen and oxygen atoms in total. The highest BCUT2D eigenvalue weighted by Crippen LogP contribution is 2.05. The number of carbonyl (C=O) groups excluding carboxylic acids is 1. The summed E-state index contributed by atoms with van der Waals surface area (Å²) in [4.78, 5) is 15.7. The maximum absolute atomic E-state index is 11.4. The van der Waals surface area contributed by atoms with E-state index in [1.54, 1.807) is 13.2 Å². The first-order chi connectivity index (χ1) is 8.61. The molecule has 0 aromatic carbocycles. The molecule has 0 spiro atoms. The summed E-state index contributed by atoms with van der Waals surface area (Å²) in [7, 11) is 1.58. The number of carbonyl (C=O) groups is 1. The molecule has 1 aromatic rings. The van der Waals surface area contributed by atoms with Gasteiger partial charge in [-0.15, -0.1) is 0 Å². The summed E-state index contributed by atoms with van der Waals surface area (Å²) in [5, 5.41) is 5.89. The van der Waals surface area contributed by atoms with Gasteiger partial charge in [0.05, 0.1) is 19.3 Å². The molecule has 0 unspecified atom stereocenters. The molecule has 2 N–H and O–H groups in total. The zero-order valence-corrected chi connectivity index (χ0v) is 11.2. The SMILES string of the molecule is COc1cccc(CNCC(=O)NCC(C)C)n1. The van der Waals surface area contributed by atoms with Gasteiger partial charge in [-0.3, -0.25) is 4.79 Å². The first kappa shape index (κ1) is 14.4. The van der Waals surface area contributed by atoms with Crippen molar-refractivity contribution in [2.24, 2.45) is 5.92 Å². The number of aromatic nitrogens is 1. The minimum Gasteiger partial charge on any atom is -0.481 e. The smallest absolute Gasteiger partial charge is 0.233 e. The van der Waals surface area contributed by atoms with Crippen LogP contribution in [0, 0.1) is 5.92 Å². The van der Waals surface area contributed by atoms with Crippen molar-refractivity contribution >= 4 is 5.91 Å². The highest BCUT2D eigenvalue weighted by molar-refractivity contribution is 5.77. The van der Waals surface area contributed by atoms with Gasteiger partial charge in [-0.25, -0.2) is 4.98 Å².